The van der Waals surface area contributed by atoms with Gasteiger partial charge in [-0.15, -0.1) is 0 Å². The SMILES string of the molecule is N#CC1CCC(N)=NC1. The molecule has 0 aromatic heterocycles. The van der Waals surface area contributed by atoms with Crippen LogP contribution >= 0.6 is 0 Å². The number of amidine groups is 1. The van der Waals surface area contributed by atoms with Crippen molar-refractivity contribution in [3.63, 3.8) is 0 Å². The second kappa shape index (κ2) is 2.49. The Kier molecular flexibility index (Phi) is 1.69. The molecular formula is C6H9N3. The van der Waals surface area contributed by atoms with Crippen molar-refractivity contribution in [2.45, 2.75) is 12.8 Å². The lowest BCUT2D eigenvalue weighted by Crippen LogP contribution is -2.20. The van der Waals surface area contributed by atoms with Gasteiger partial charge in [-0.1, -0.05) is 0 Å². The molecular weight excluding hydrogens is 114 g/mol. The predicted molar refractivity (Wildman–Crippen MR) is 34.8 cm³/mol. The molecule has 1 aliphatic heterocycles. The second-order valence-corrected chi connectivity index (χ2v) is 2.20. The van der Waals surface area contributed by atoms with Gasteiger partial charge in [-0.2, -0.15) is 5.26 Å². The molecule has 0 aromatic carbocycles. The third kappa shape index (κ3) is 1.43. The lowest BCUT2D eigenvalue weighted by atomic mass is 10.0. The van der Waals surface area contributed by atoms with E-state index in [0.29, 0.717) is 12.4 Å². The fourth-order valence-corrected chi connectivity index (χ4v) is 0.825. The summed E-state index contributed by atoms with van der Waals surface area (Å²) in [6.45, 7) is 0.600. The van der Waals surface area contributed by atoms with E-state index in [2.05, 4.69) is 11.1 Å². The monoisotopic (exact) mass is 123 g/mol. The minimum Gasteiger partial charge on any atom is -0.387 e. The normalized spacial score (nSPS) is 26.6. The first-order valence-electron chi connectivity index (χ1n) is 3.01. The lowest BCUT2D eigenvalue weighted by molar-refractivity contribution is 0.604. The van der Waals surface area contributed by atoms with Crippen LogP contribution in [0.5, 0.6) is 0 Å². The van der Waals surface area contributed by atoms with E-state index in [9.17, 15) is 0 Å². The quantitative estimate of drug-likeness (QED) is 0.502. The molecule has 1 atom stereocenters. The van der Waals surface area contributed by atoms with Crippen LogP contribution < -0.4 is 5.73 Å². The van der Waals surface area contributed by atoms with Gasteiger partial charge in [0, 0.05) is 6.42 Å². The Morgan fingerprint density at radius 3 is 3.00 bits per heavy atom. The highest BCUT2D eigenvalue weighted by Crippen LogP contribution is 2.10. The molecule has 0 radical (unpaired) electrons. The van der Waals surface area contributed by atoms with Crippen LogP contribution in [0.4, 0.5) is 0 Å². The van der Waals surface area contributed by atoms with Crippen LogP contribution in [0, 0.1) is 17.2 Å². The summed E-state index contributed by atoms with van der Waals surface area (Å²) < 4.78 is 0. The molecule has 0 fully saturated rings. The van der Waals surface area contributed by atoms with Crippen molar-refractivity contribution < 1.29 is 0 Å². The van der Waals surface area contributed by atoms with E-state index in [1.54, 1.807) is 0 Å². The maximum atomic E-state index is 8.42. The molecule has 0 amide bonds. The van der Waals surface area contributed by atoms with E-state index in [1.165, 1.54) is 0 Å². The summed E-state index contributed by atoms with van der Waals surface area (Å²) in [5, 5.41) is 8.42. The van der Waals surface area contributed by atoms with E-state index < -0.39 is 0 Å². The Hall–Kier alpha value is -1.04. The van der Waals surface area contributed by atoms with Gasteiger partial charge < -0.3 is 5.73 Å². The molecule has 1 heterocycles. The molecule has 0 saturated heterocycles. The average molecular weight is 123 g/mol. The van der Waals surface area contributed by atoms with Gasteiger partial charge in [0.05, 0.1) is 24.4 Å². The van der Waals surface area contributed by atoms with Crippen LogP contribution in [0.1, 0.15) is 12.8 Å². The van der Waals surface area contributed by atoms with Crippen molar-refractivity contribution in [3.8, 4) is 6.07 Å². The van der Waals surface area contributed by atoms with Crippen LogP contribution in [-0.4, -0.2) is 12.4 Å². The lowest BCUT2D eigenvalue weighted by Gasteiger charge is -2.11. The zero-order chi connectivity index (χ0) is 6.69. The minimum absolute atomic E-state index is 0.109. The van der Waals surface area contributed by atoms with E-state index in [4.69, 9.17) is 11.0 Å². The minimum atomic E-state index is 0.109. The van der Waals surface area contributed by atoms with Gasteiger partial charge in [0.15, 0.2) is 0 Å². The summed E-state index contributed by atoms with van der Waals surface area (Å²) in [7, 11) is 0. The highest BCUT2D eigenvalue weighted by Gasteiger charge is 2.11. The Labute approximate surface area is 54.2 Å². The van der Waals surface area contributed by atoms with Crippen molar-refractivity contribution in [1.29, 1.82) is 5.26 Å². The van der Waals surface area contributed by atoms with Crippen molar-refractivity contribution >= 4 is 5.84 Å². The van der Waals surface area contributed by atoms with E-state index in [1.807, 2.05) is 0 Å². The van der Waals surface area contributed by atoms with Crippen molar-refractivity contribution in [3.05, 3.63) is 0 Å². The molecule has 3 nitrogen and oxygen atoms in total. The van der Waals surface area contributed by atoms with Gasteiger partial charge in [-0.3, -0.25) is 4.99 Å². The molecule has 1 aliphatic rings. The molecule has 0 saturated carbocycles. The Bertz CT molecular complexity index is 166. The third-order valence-corrected chi connectivity index (χ3v) is 1.45. The maximum absolute atomic E-state index is 8.42. The molecule has 0 aromatic rings. The Balaban J connectivity index is 2.48. The molecule has 1 rings (SSSR count). The molecule has 3 heteroatoms. The number of hydrogen-bond donors (Lipinski definition) is 1. The van der Waals surface area contributed by atoms with Crippen LogP contribution in [0.3, 0.4) is 0 Å². The van der Waals surface area contributed by atoms with Gasteiger partial charge in [0.1, 0.15) is 0 Å². The molecule has 0 bridgehead atoms. The number of rotatable bonds is 0. The van der Waals surface area contributed by atoms with Gasteiger partial charge >= 0.3 is 0 Å². The van der Waals surface area contributed by atoms with Crippen LogP contribution in [-0.2, 0) is 0 Å². The number of hydrogen-bond acceptors (Lipinski definition) is 3. The molecule has 0 aliphatic carbocycles. The largest absolute Gasteiger partial charge is 0.387 e. The third-order valence-electron chi connectivity index (χ3n) is 1.45. The fraction of sp³-hybridized carbons (Fsp3) is 0.667. The first kappa shape index (κ1) is 6.09. The summed E-state index contributed by atoms with van der Waals surface area (Å²) in [6, 6.07) is 2.16. The molecule has 1 unspecified atom stereocenters. The van der Waals surface area contributed by atoms with Gasteiger partial charge in [0.25, 0.3) is 0 Å². The van der Waals surface area contributed by atoms with Crippen LogP contribution in [0.25, 0.3) is 0 Å². The maximum Gasteiger partial charge on any atom is 0.0938 e. The number of nitrogens with zero attached hydrogens (tertiary/aromatic N) is 2. The van der Waals surface area contributed by atoms with Crippen molar-refractivity contribution in [2.75, 3.05) is 6.54 Å². The topological polar surface area (TPSA) is 62.2 Å². The van der Waals surface area contributed by atoms with E-state index in [0.717, 1.165) is 12.8 Å². The highest BCUT2D eigenvalue weighted by atomic mass is 14.9. The van der Waals surface area contributed by atoms with Gasteiger partial charge in [0.2, 0.25) is 0 Å². The Morgan fingerprint density at radius 2 is 2.56 bits per heavy atom. The zero-order valence-electron chi connectivity index (χ0n) is 5.17. The van der Waals surface area contributed by atoms with Gasteiger partial charge in [-0.05, 0) is 6.42 Å². The predicted octanol–water partition coefficient (Wildman–Crippen LogP) is 0.277. The Morgan fingerprint density at radius 1 is 1.78 bits per heavy atom. The summed E-state index contributed by atoms with van der Waals surface area (Å²) in [5.41, 5.74) is 5.39. The van der Waals surface area contributed by atoms with Crippen LogP contribution in [0.2, 0.25) is 0 Å². The number of nitriles is 1. The summed E-state index contributed by atoms with van der Waals surface area (Å²) in [5.74, 6) is 0.804. The van der Waals surface area contributed by atoms with Crippen LogP contribution in [0.15, 0.2) is 4.99 Å². The average Bonchev–Trinajstić information content (AvgIpc) is 1.90. The number of aliphatic imine (C=N–C) groups is 1. The molecule has 0 spiro atoms. The molecule has 48 valence electrons. The van der Waals surface area contributed by atoms with Gasteiger partial charge in [-0.25, -0.2) is 0 Å². The standard InChI is InChI=1S/C6H9N3/c7-3-5-1-2-6(8)9-4-5/h5H,1-2,4H2,(H2,8,9). The first-order valence-corrected chi connectivity index (χ1v) is 3.01. The second-order valence-electron chi connectivity index (χ2n) is 2.20. The van der Waals surface area contributed by atoms with Crippen molar-refractivity contribution in [2.24, 2.45) is 16.6 Å². The van der Waals surface area contributed by atoms with E-state index >= 15 is 0 Å². The molecule has 2 N–H and O–H groups in total. The summed E-state index contributed by atoms with van der Waals surface area (Å²) in [4.78, 5) is 3.95. The smallest absolute Gasteiger partial charge is 0.0938 e. The first-order chi connectivity index (χ1) is 4.33. The number of nitrogens with two attached hydrogens (primary N) is 1. The van der Waals surface area contributed by atoms with E-state index in [-0.39, 0.29) is 5.92 Å². The fourth-order valence-electron chi connectivity index (χ4n) is 0.825. The summed E-state index contributed by atoms with van der Waals surface area (Å²) in [6.07, 6.45) is 1.67. The highest BCUT2D eigenvalue weighted by molar-refractivity contribution is 5.80. The summed E-state index contributed by atoms with van der Waals surface area (Å²) >= 11 is 0. The zero-order valence-corrected chi connectivity index (χ0v) is 5.17. The van der Waals surface area contributed by atoms with Crippen molar-refractivity contribution in [1.82, 2.24) is 0 Å². The molecule has 9 heavy (non-hydrogen) atoms.